The van der Waals surface area contributed by atoms with Gasteiger partial charge in [0.15, 0.2) is 0 Å². The molecule has 2 heterocycles. The second-order valence-electron chi connectivity index (χ2n) is 4.78. The first-order valence-electron chi connectivity index (χ1n) is 5.94. The van der Waals surface area contributed by atoms with Gasteiger partial charge in [0.05, 0.1) is 6.54 Å². The molecule has 0 aromatic carbocycles. The van der Waals surface area contributed by atoms with Crippen LogP contribution in [-0.2, 0) is 16.1 Å². The molecule has 0 atom stereocenters. The van der Waals surface area contributed by atoms with Crippen LogP contribution in [-0.4, -0.2) is 22.7 Å². The normalized spacial score (nSPS) is 21.5. The van der Waals surface area contributed by atoms with Crippen LogP contribution in [0, 0.1) is 5.41 Å². The summed E-state index contributed by atoms with van der Waals surface area (Å²) in [6.07, 6.45) is 1.92. The molecule has 5 nitrogen and oxygen atoms in total. The molecule has 1 aromatic rings. The maximum Gasteiger partial charge on any atom is 0.331 e. The van der Waals surface area contributed by atoms with E-state index in [-0.39, 0.29) is 12.5 Å². The number of carbonyl (C=O) groups is 3. The van der Waals surface area contributed by atoms with Crippen molar-refractivity contribution < 1.29 is 14.4 Å². The molecule has 2 aliphatic rings. The average Bonchev–Trinajstić information content (AvgIpc) is 2.68. The Hall–Kier alpha value is -1.21. The molecule has 100 valence electrons. The molecule has 0 radical (unpaired) electrons. The number of carbonyl (C=O) groups excluding carboxylic acids is 3. The molecule has 19 heavy (non-hydrogen) atoms. The number of amides is 4. The summed E-state index contributed by atoms with van der Waals surface area (Å²) < 4.78 is 0.873. The van der Waals surface area contributed by atoms with E-state index in [4.69, 9.17) is 0 Å². The molecule has 1 N–H and O–H groups in total. The van der Waals surface area contributed by atoms with Crippen molar-refractivity contribution in [1.29, 1.82) is 0 Å². The summed E-state index contributed by atoms with van der Waals surface area (Å²) in [4.78, 5) is 38.2. The zero-order valence-corrected chi connectivity index (χ0v) is 12.3. The van der Waals surface area contributed by atoms with Gasteiger partial charge in [0.2, 0.25) is 11.8 Å². The van der Waals surface area contributed by atoms with Crippen LogP contribution in [0.1, 0.15) is 24.1 Å². The minimum Gasteiger partial charge on any atom is -0.277 e. The number of nitrogens with zero attached hydrogens (tertiary/aromatic N) is 1. The smallest absolute Gasteiger partial charge is 0.277 e. The van der Waals surface area contributed by atoms with Gasteiger partial charge in [-0.15, -0.1) is 11.3 Å². The van der Waals surface area contributed by atoms with Crippen molar-refractivity contribution in [3.63, 3.8) is 0 Å². The lowest BCUT2D eigenvalue weighted by Gasteiger charge is -2.44. The van der Waals surface area contributed by atoms with Crippen LogP contribution in [0.3, 0.4) is 0 Å². The van der Waals surface area contributed by atoms with Gasteiger partial charge in [-0.05, 0) is 40.2 Å². The van der Waals surface area contributed by atoms with Crippen LogP contribution in [0.2, 0.25) is 0 Å². The summed E-state index contributed by atoms with van der Waals surface area (Å²) in [5.74, 6) is -0.789. The van der Waals surface area contributed by atoms with Crippen molar-refractivity contribution in [2.24, 2.45) is 5.41 Å². The van der Waals surface area contributed by atoms with E-state index in [1.807, 2.05) is 11.4 Å². The molecule has 1 aliphatic carbocycles. The van der Waals surface area contributed by atoms with Crippen LogP contribution < -0.4 is 5.32 Å². The van der Waals surface area contributed by atoms with Gasteiger partial charge in [0.1, 0.15) is 5.41 Å². The van der Waals surface area contributed by atoms with Gasteiger partial charge in [0, 0.05) is 9.35 Å². The van der Waals surface area contributed by atoms with Crippen molar-refractivity contribution in [2.45, 2.75) is 25.8 Å². The van der Waals surface area contributed by atoms with Crippen molar-refractivity contribution in [3.8, 4) is 0 Å². The summed E-state index contributed by atoms with van der Waals surface area (Å²) in [5.41, 5.74) is -0.988. The number of thiophene rings is 1. The maximum atomic E-state index is 12.4. The van der Waals surface area contributed by atoms with E-state index in [2.05, 4.69) is 21.2 Å². The lowest BCUT2D eigenvalue weighted by atomic mass is 9.66. The van der Waals surface area contributed by atoms with Gasteiger partial charge in [-0.2, -0.15) is 0 Å². The van der Waals surface area contributed by atoms with Crippen molar-refractivity contribution in [3.05, 3.63) is 20.8 Å². The Morgan fingerprint density at radius 1 is 1.37 bits per heavy atom. The Morgan fingerprint density at radius 2 is 2.11 bits per heavy atom. The Balaban J connectivity index is 1.88. The molecule has 1 aromatic heterocycles. The molecule has 3 rings (SSSR count). The second-order valence-corrected chi connectivity index (χ2v) is 6.63. The highest BCUT2D eigenvalue weighted by Crippen LogP contribution is 2.44. The van der Waals surface area contributed by atoms with E-state index in [1.54, 1.807) is 0 Å². The molecule has 2 fully saturated rings. The Labute approximate surface area is 122 Å². The van der Waals surface area contributed by atoms with Crippen LogP contribution in [0.15, 0.2) is 15.9 Å². The summed E-state index contributed by atoms with van der Waals surface area (Å²) in [5, 5.41) is 4.19. The van der Waals surface area contributed by atoms with Crippen LogP contribution >= 0.6 is 27.3 Å². The van der Waals surface area contributed by atoms with E-state index in [0.29, 0.717) is 12.8 Å². The number of hydrogen-bond acceptors (Lipinski definition) is 4. The maximum absolute atomic E-state index is 12.4. The first-order valence-corrected chi connectivity index (χ1v) is 7.61. The van der Waals surface area contributed by atoms with E-state index in [1.165, 1.54) is 11.3 Å². The number of barbiturate groups is 1. The first-order chi connectivity index (χ1) is 9.04. The SMILES string of the molecule is O=C1NC(=O)C2(CCC2)C(=O)N1Cc1sccc1Br. The minimum atomic E-state index is -0.988. The Morgan fingerprint density at radius 3 is 2.63 bits per heavy atom. The predicted molar refractivity (Wildman–Crippen MR) is 72.4 cm³/mol. The van der Waals surface area contributed by atoms with Crippen LogP contribution in [0.25, 0.3) is 0 Å². The highest BCUT2D eigenvalue weighted by Gasteiger charge is 2.57. The van der Waals surface area contributed by atoms with Crippen LogP contribution in [0.4, 0.5) is 4.79 Å². The Kier molecular flexibility index (Phi) is 2.98. The van der Waals surface area contributed by atoms with Gasteiger partial charge >= 0.3 is 6.03 Å². The van der Waals surface area contributed by atoms with Gasteiger partial charge in [-0.25, -0.2) is 4.79 Å². The molecule has 1 saturated heterocycles. The van der Waals surface area contributed by atoms with E-state index in [9.17, 15) is 14.4 Å². The monoisotopic (exact) mass is 342 g/mol. The van der Waals surface area contributed by atoms with Crippen molar-refractivity contribution >= 4 is 45.1 Å². The topological polar surface area (TPSA) is 66.5 Å². The molecule has 0 bridgehead atoms. The average molecular weight is 343 g/mol. The molecule has 4 amide bonds. The molecule has 1 spiro atoms. The third-order valence-electron chi connectivity index (χ3n) is 3.75. The third kappa shape index (κ3) is 1.83. The van der Waals surface area contributed by atoms with Gasteiger partial charge in [-0.3, -0.25) is 19.8 Å². The largest absolute Gasteiger partial charge is 0.331 e. The number of halogens is 1. The number of urea groups is 1. The minimum absolute atomic E-state index is 0.206. The summed E-state index contributed by atoms with van der Waals surface area (Å²) in [7, 11) is 0. The predicted octanol–water partition coefficient (Wildman–Crippen LogP) is 2.26. The molecule has 7 heteroatoms. The van der Waals surface area contributed by atoms with Crippen molar-refractivity contribution in [1.82, 2.24) is 10.2 Å². The first kappa shape index (κ1) is 12.8. The zero-order chi connectivity index (χ0) is 13.6. The summed E-state index contributed by atoms with van der Waals surface area (Å²) in [6.45, 7) is 0.206. The molecular formula is C12H11BrN2O3S. The molecular weight excluding hydrogens is 332 g/mol. The van der Waals surface area contributed by atoms with Gasteiger partial charge in [0.25, 0.3) is 0 Å². The molecule has 0 unspecified atom stereocenters. The van der Waals surface area contributed by atoms with E-state index in [0.717, 1.165) is 20.7 Å². The zero-order valence-electron chi connectivity index (χ0n) is 9.94. The third-order valence-corrected chi connectivity index (χ3v) is 5.67. The Bertz CT molecular complexity index is 579. The standard InChI is InChI=1S/C12H11BrN2O3S/c13-7-2-5-19-8(7)6-15-10(17)12(3-1-4-12)9(16)14-11(15)18/h2,5H,1,3-4,6H2,(H,14,16,18). The fourth-order valence-electron chi connectivity index (χ4n) is 2.43. The van der Waals surface area contributed by atoms with E-state index < -0.39 is 17.4 Å². The highest BCUT2D eigenvalue weighted by molar-refractivity contribution is 9.10. The lowest BCUT2D eigenvalue weighted by Crippen LogP contribution is -2.65. The highest BCUT2D eigenvalue weighted by atomic mass is 79.9. The fourth-order valence-corrected chi connectivity index (χ4v) is 3.89. The van der Waals surface area contributed by atoms with Gasteiger partial charge < -0.3 is 0 Å². The number of rotatable bonds is 2. The number of hydrogen-bond donors (Lipinski definition) is 1. The molecule has 1 aliphatic heterocycles. The second kappa shape index (κ2) is 4.42. The summed E-state index contributed by atoms with van der Waals surface area (Å²) >= 11 is 4.85. The van der Waals surface area contributed by atoms with E-state index >= 15 is 0 Å². The quantitative estimate of drug-likeness (QED) is 0.838. The summed E-state index contributed by atoms with van der Waals surface area (Å²) in [6, 6.07) is 1.25. The molecule has 1 saturated carbocycles. The lowest BCUT2D eigenvalue weighted by molar-refractivity contribution is -0.158. The number of nitrogens with one attached hydrogen (secondary N) is 1. The van der Waals surface area contributed by atoms with Gasteiger partial charge in [-0.1, -0.05) is 6.42 Å². The number of imide groups is 2. The van der Waals surface area contributed by atoms with Crippen LogP contribution in [0.5, 0.6) is 0 Å². The fraction of sp³-hybridized carbons (Fsp3) is 0.417. The van der Waals surface area contributed by atoms with Crippen molar-refractivity contribution in [2.75, 3.05) is 0 Å².